The first-order valence-electron chi connectivity index (χ1n) is 14.6. The number of aryl methyl sites for hydroxylation is 1. The van der Waals surface area contributed by atoms with Gasteiger partial charge in [0.2, 0.25) is 0 Å². The van der Waals surface area contributed by atoms with Crippen molar-refractivity contribution in [2.45, 2.75) is 29.9 Å². The van der Waals surface area contributed by atoms with Gasteiger partial charge in [0, 0.05) is 23.4 Å². The van der Waals surface area contributed by atoms with Crippen molar-refractivity contribution in [3.8, 4) is 5.75 Å². The van der Waals surface area contributed by atoms with Crippen LogP contribution in [0.3, 0.4) is 0 Å². The van der Waals surface area contributed by atoms with E-state index in [1.54, 1.807) is 56.3 Å². The van der Waals surface area contributed by atoms with E-state index >= 15 is 0 Å². The molecule has 48 heavy (non-hydrogen) atoms. The molecule has 0 radical (unpaired) electrons. The number of fused-ring (bicyclic) bond motifs is 1. The molecule has 0 bridgehead atoms. The molecule has 1 N–H and O–H groups in total. The third kappa shape index (κ3) is 6.48. The fraction of sp³-hybridized carbons (Fsp3) is 0.147. The predicted molar refractivity (Wildman–Crippen MR) is 181 cm³/mol. The Balaban J connectivity index is 1.54. The molecule has 3 heterocycles. The molecule has 1 atom stereocenters. The minimum Gasteiger partial charge on any atom is -0.497 e. The van der Waals surface area contributed by atoms with E-state index in [1.807, 2.05) is 30.3 Å². The standard InChI is InChI=1S/C34H27N5O7S2/c1-4-46-32(42)28-29(21-9-6-5-7-10-21)37-34-38(30(28)22-11-8-12-23(18-22)45-3)31(41)26(48-34)17-20-13-14-25(24(16-20)39(43)44)47-33-35-19(2)15-27(40)36-33/h5-18,30H,4H2,1-3H3,(H,35,36,40)/b26-17+/t30-/m1/s1. The number of carbonyl (C=O) groups is 1. The number of methoxy groups -OCH3 is 1. The Kier molecular flexibility index (Phi) is 9.19. The zero-order valence-corrected chi connectivity index (χ0v) is 27.5. The minimum atomic E-state index is -0.912. The summed E-state index contributed by atoms with van der Waals surface area (Å²) in [5.41, 5.74) is 1.67. The van der Waals surface area contributed by atoms with Crippen LogP contribution >= 0.6 is 23.1 Å². The number of nitro benzene ring substituents is 1. The average Bonchev–Trinajstić information content (AvgIpc) is 3.38. The highest BCUT2D eigenvalue weighted by Gasteiger charge is 2.35. The zero-order chi connectivity index (χ0) is 33.9. The van der Waals surface area contributed by atoms with Crippen molar-refractivity contribution >= 4 is 46.5 Å². The molecular weight excluding hydrogens is 655 g/mol. The summed E-state index contributed by atoms with van der Waals surface area (Å²) in [6.07, 6.45) is 1.55. The minimum absolute atomic E-state index is 0.114. The van der Waals surface area contributed by atoms with Crippen LogP contribution in [0.25, 0.3) is 11.8 Å². The van der Waals surface area contributed by atoms with Crippen LogP contribution in [-0.4, -0.2) is 39.1 Å². The molecule has 0 aliphatic carbocycles. The van der Waals surface area contributed by atoms with Crippen molar-refractivity contribution < 1.29 is 19.2 Å². The number of nitrogens with zero attached hydrogens (tertiary/aromatic N) is 4. The first-order chi connectivity index (χ1) is 23.2. The number of nitrogens with one attached hydrogen (secondary N) is 1. The molecule has 2 aromatic heterocycles. The number of hydrogen-bond donors (Lipinski definition) is 1. The van der Waals surface area contributed by atoms with Gasteiger partial charge >= 0.3 is 5.97 Å². The Hall–Kier alpha value is -5.60. The Morgan fingerprint density at radius 3 is 2.60 bits per heavy atom. The summed E-state index contributed by atoms with van der Waals surface area (Å²) in [5, 5.41) is 12.3. The number of hydrogen-bond acceptors (Lipinski definition) is 11. The van der Waals surface area contributed by atoms with E-state index in [-0.39, 0.29) is 38.0 Å². The summed E-state index contributed by atoms with van der Waals surface area (Å²) in [6, 6.07) is 21.2. The lowest BCUT2D eigenvalue weighted by Crippen LogP contribution is -2.40. The van der Waals surface area contributed by atoms with Crippen molar-refractivity contribution in [2.24, 2.45) is 4.99 Å². The number of rotatable bonds is 9. The molecule has 1 aliphatic heterocycles. The summed E-state index contributed by atoms with van der Waals surface area (Å²) in [6.45, 7) is 3.48. The fourth-order valence-corrected chi connectivity index (χ4v) is 7.20. The second kappa shape index (κ2) is 13.6. The molecule has 0 spiro atoms. The highest BCUT2D eigenvalue weighted by molar-refractivity contribution is 7.99. The number of nitro groups is 1. The number of benzene rings is 3. The maximum absolute atomic E-state index is 14.2. The average molecular weight is 682 g/mol. The summed E-state index contributed by atoms with van der Waals surface area (Å²) >= 11 is 2.06. The van der Waals surface area contributed by atoms with Gasteiger partial charge in [0.25, 0.3) is 16.8 Å². The largest absolute Gasteiger partial charge is 0.497 e. The summed E-state index contributed by atoms with van der Waals surface area (Å²) in [5.74, 6) is -0.0818. The van der Waals surface area contributed by atoms with E-state index in [2.05, 4.69) is 9.97 Å². The molecule has 0 amide bonds. The van der Waals surface area contributed by atoms with Crippen molar-refractivity contribution in [2.75, 3.05) is 13.7 Å². The van der Waals surface area contributed by atoms with Gasteiger partial charge in [0.05, 0.1) is 45.4 Å². The molecule has 0 fully saturated rings. The molecule has 5 aromatic rings. The Morgan fingerprint density at radius 2 is 1.90 bits per heavy atom. The Morgan fingerprint density at radius 1 is 1.10 bits per heavy atom. The van der Waals surface area contributed by atoms with Gasteiger partial charge in [-0.1, -0.05) is 59.9 Å². The van der Waals surface area contributed by atoms with Gasteiger partial charge < -0.3 is 14.5 Å². The predicted octanol–water partition coefficient (Wildman–Crippen LogP) is 4.40. The second-order valence-corrected chi connectivity index (χ2v) is 12.5. The lowest BCUT2D eigenvalue weighted by molar-refractivity contribution is -0.387. The van der Waals surface area contributed by atoms with Gasteiger partial charge in [0.1, 0.15) is 5.75 Å². The number of esters is 1. The van der Waals surface area contributed by atoms with Gasteiger partial charge in [-0.15, -0.1) is 0 Å². The normalized spacial score (nSPS) is 14.3. The monoisotopic (exact) mass is 681 g/mol. The van der Waals surface area contributed by atoms with Gasteiger partial charge in [-0.05, 0) is 61.0 Å². The molecule has 0 saturated heterocycles. The lowest BCUT2D eigenvalue weighted by Gasteiger charge is -2.26. The molecule has 0 saturated carbocycles. The number of aromatic amines is 1. The number of thiazole rings is 1. The van der Waals surface area contributed by atoms with E-state index < -0.39 is 22.5 Å². The van der Waals surface area contributed by atoms with Crippen LogP contribution in [0.5, 0.6) is 5.75 Å². The lowest BCUT2D eigenvalue weighted by atomic mass is 9.93. The maximum Gasteiger partial charge on any atom is 0.338 e. The molecule has 0 unspecified atom stereocenters. The van der Waals surface area contributed by atoms with Crippen LogP contribution in [0.2, 0.25) is 0 Å². The fourth-order valence-electron chi connectivity index (χ4n) is 5.28. The highest BCUT2D eigenvalue weighted by Crippen LogP contribution is 2.37. The van der Waals surface area contributed by atoms with E-state index in [9.17, 15) is 24.5 Å². The number of H-pyrrole nitrogens is 1. The van der Waals surface area contributed by atoms with Gasteiger partial charge in [-0.2, -0.15) is 0 Å². The highest BCUT2D eigenvalue weighted by atomic mass is 32.2. The van der Waals surface area contributed by atoms with Crippen LogP contribution in [0.15, 0.2) is 109 Å². The van der Waals surface area contributed by atoms with Crippen molar-refractivity contribution in [3.05, 3.63) is 147 Å². The smallest absolute Gasteiger partial charge is 0.338 e. The molecule has 1 aliphatic rings. The van der Waals surface area contributed by atoms with Crippen LogP contribution in [0, 0.1) is 17.0 Å². The van der Waals surface area contributed by atoms with Gasteiger partial charge in [-0.25, -0.2) is 14.8 Å². The molecule has 3 aromatic carbocycles. The van der Waals surface area contributed by atoms with E-state index in [0.29, 0.717) is 38.6 Å². The first-order valence-corrected chi connectivity index (χ1v) is 16.3. The maximum atomic E-state index is 14.2. The van der Waals surface area contributed by atoms with Crippen LogP contribution in [0.4, 0.5) is 5.69 Å². The molecule has 12 nitrogen and oxygen atoms in total. The number of aromatic nitrogens is 3. The van der Waals surface area contributed by atoms with Crippen molar-refractivity contribution in [1.82, 2.24) is 14.5 Å². The number of carbonyl (C=O) groups excluding carboxylic acids is 1. The molecular formula is C34H27N5O7S2. The summed E-state index contributed by atoms with van der Waals surface area (Å²) < 4.78 is 12.7. The topological polar surface area (TPSA) is 159 Å². The number of ether oxygens (including phenoxy) is 2. The summed E-state index contributed by atoms with van der Waals surface area (Å²) in [4.78, 5) is 63.6. The molecule has 14 heteroatoms. The quantitative estimate of drug-likeness (QED) is 0.103. The Bertz CT molecular complexity index is 2350. The van der Waals surface area contributed by atoms with E-state index in [4.69, 9.17) is 14.5 Å². The van der Waals surface area contributed by atoms with Crippen LogP contribution < -0.4 is 25.2 Å². The van der Waals surface area contributed by atoms with Crippen LogP contribution in [-0.2, 0) is 9.53 Å². The third-order valence-electron chi connectivity index (χ3n) is 7.32. The Labute approximate surface area is 280 Å². The van der Waals surface area contributed by atoms with Gasteiger partial charge in [-0.3, -0.25) is 24.3 Å². The molecule has 6 rings (SSSR count). The SMILES string of the molecule is CCOC(=O)C1=C(c2ccccc2)N=c2s/c(=C/c3ccc(Sc4nc(C)cc(=O)[nH]4)c([N+](=O)[O-])c3)c(=O)n2[C@@H]1c1cccc(OC)c1. The van der Waals surface area contributed by atoms with Crippen molar-refractivity contribution in [3.63, 3.8) is 0 Å². The third-order valence-corrected chi connectivity index (χ3v) is 9.25. The zero-order valence-electron chi connectivity index (χ0n) is 25.8. The molecule has 242 valence electrons. The van der Waals surface area contributed by atoms with E-state index in [0.717, 1.165) is 23.1 Å². The van der Waals surface area contributed by atoms with Crippen LogP contribution in [0.1, 0.15) is 35.3 Å². The second-order valence-electron chi connectivity index (χ2n) is 10.5. The van der Waals surface area contributed by atoms with Gasteiger partial charge in [0.15, 0.2) is 9.96 Å². The van der Waals surface area contributed by atoms with Crippen molar-refractivity contribution in [1.29, 1.82) is 0 Å². The first kappa shape index (κ1) is 32.3. The van der Waals surface area contributed by atoms with E-state index in [1.165, 1.54) is 23.8 Å². The summed E-state index contributed by atoms with van der Waals surface area (Å²) in [7, 11) is 1.53.